The number of ether oxygens (including phenoxy) is 1. The molecule has 0 unspecified atom stereocenters. The first-order valence-electron chi connectivity index (χ1n) is 6.23. The molecular formula is C15H13BrN2OS. The van der Waals surface area contributed by atoms with Crippen molar-refractivity contribution in [2.45, 2.75) is 19.6 Å². The Kier molecular flexibility index (Phi) is 3.26. The van der Waals surface area contributed by atoms with E-state index in [9.17, 15) is 0 Å². The number of benzene rings is 1. The Bertz CT molecular complexity index is 764. The van der Waals surface area contributed by atoms with Crippen LogP contribution in [0, 0.1) is 4.64 Å². The summed E-state index contributed by atoms with van der Waals surface area (Å²) in [6, 6.07) is 11.7. The van der Waals surface area contributed by atoms with Crippen molar-refractivity contribution in [1.29, 1.82) is 0 Å². The van der Waals surface area contributed by atoms with Gasteiger partial charge in [-0.15, -0.1) is 0 Å². The van der Waals surface area contributed by atoms with Gasteiger partial charge in [-0.2, -0.15) is 0 Å². The summed E-state index contributed by atoms with van der Waals surface area (Å²) in [4.78, 5) is 4.70. The van der Waals surface area contributed by atoms with Crippen LogP contribution >= 0.6 is 28.1 Å². The molecule has 0 amide bonds. The zero-order valence-corrected chi connectivity index (χ0v) is 13.5. The first-order valence-corrected chi connectivity index (χ1v) is 7.43. The standard InChI is InChI=1S/C15H13BrN2OS/c1-15(2)17-14(18-8-4-3-5-13(18)20)11-9-10(16)6-7-12(11)19-15/h3-9H,1-2H3. The Morgan fingerprint density at radius 2 is 2.05 bits per heavy atom. The van der Waals surface area contributed by atoms with Crippen molar-refractivity contribution >= 4 is 34.0 Å². The van der Waals surface area contributed by atoms with Gasteiger partial charge in [0, 0.05) is 10.7 Å². The fourth-order valence-corrected chi connectivity index (χ4v) is 2.75. The second-order valence-electron chi connectivity index (χ2n) is 5.03. The van der Waals surface area contributed by atoms with Crippen LogP contribution in [0.25, 0.3) is 0 Å². The fraction of sp³-hybridized carbons (Fsp3) is 0.200. The van der Waals surface area contributed by atoms with Gasteiger partial charge in [-0.25, -0.2) is 4.99 Å². The van der Waals surface area contributed by atoms with Gasteiger partial charge in [0.2, 0.25) is 0 Å². The highest BCUT2D eigenvalue weighted by Crippen LogP contribution is 2.32. The Labute approximate surface area is 131 Å². The second-order valence-corrected chi connectivity index (χ2v) is 6.37. The minimum Gasteiger partial charge on any atom is -0.466 e. The molecule has 0 N–H and O–H groups in total. The SMILES string of the molecule is CC1(C)N=C(n2ccccc2=S)c2cc(Br)ccc2O1. The number of fused-ring (bicyclic) bond motifs is 1. The lowest BCUT2D eigenvalue weighted by Gasteiger charge is -2.30. The van der Waals surface area contributed by atoms with Crippen molar-refractivity contribution in [2.24, 2.45) is 4.99 Å². The highest BCUT2D eigenvalue weighted by molar-refractivity contribution is 9.10. The van der Waals surface area contributed by atoms with E-state index in [1.165, 1.54) is 0 Å². The molecule has 0 fully saturated rings. The van der Waals surface area contributed by atoms with Gasteiger partial charge in [0.25, 0.3) is 0 Å². The van der Waals surface area contributed by atoms with Crippen molar-refractivity contribution < 1.29 is 4.74 Å². The molecule has 0 aliphatic carbocycles. The summed E-state index contributed by atoms with van der Waals surface area (Å²) in [6.45, 7) is 3.87. The summed E-state index contributed by atoms with van der Waals surface area (Å²) in [6.07, 6.45) is 1.92. The molecule has 0 radical (unpaired) electrons. The molecule has 0 saturated carbocycles. The van der Waals surface area contributed by atoms with E-state index in [4.69, 9.17) is 21.9 Å². The molecule has 1 aliphatic heterocycles. The van der Waals surface area contributed by atoms with E-state index >= 15 is 0 Å². The second kappa shape index (κ2) is 4.82. The van der Waals surface area contributed by atoms with Crippen molar-refractivity contribution in [3.8, 4) is 5.75 Å². The summed E-state index contributed by atoms with van der Waals surface area (Å²) in [5.74, 6) is 1.62. The third kappa shape index (κ3) is 2.43. The summed E-state index contributed by atoms with van der Waals surface area (Å²) in [7, 11) is 0. The molecule has 3 rings (SSSR count). The van der Waals surface area contributed by atoms with Crippen LogP contribution in [0.5, 0.6) is 5.75 Å². The Morgan fingerprint density at radius 3 is 2.80 bits per heavy atom. The van der Waals surface area contributed by atoms with E-state index in [0.717, 1.165) is 26.3 Å². The van der Waals surface area contributed by atoms with Crippen molar-refractivity contribution in [2.75, 3.05) is 0 Å². The van der Waals surface area contributed by atoms with Crippen LogP contribution in [0.15, 0.2) is 52.1 Å². The molecule has 1 aromatic heterocycles. The van der Waals surface area contributed by atoms with Gasteiger partial charge in [0.05, 0.1) is 5.56 Å². The van der Waals surface area contributed by atoms with Crippen LogP contribution < -0.4 is 4.74 Å². The van der Waals surface area contributed by atoms with Gasteiger partial charge >= 0.3 is 0 Å². The molecular weight excluding hydrogens is 336 g/mol. The molecule has 0 atom stereocenters. The molecule has 102 valence electrons. The average Bonchev–Trinajstić information content (AvgIpc) is 2.38. The lowest BCUT2D eigenvalue weighted by molar-refractivity contribution is 0.114. The third-order valence-electron chi connectivity index (χ3n) is 2.97. The van der Waals surface area contributed by atoms with Crippen molar-refractivity contribution in [3.05, 3.63) is 57.3 Å². The van der Waals surface area contributed by atoms with E-state index in [1.54, 1.807) is 0 Å². The Morgan fingerprint density at radius 1 is 1.25 bits per heavy atom. The van der Waals surface area contributed by atoms with E-state index in [0.29, 0.717) is 0 Å². The molecule has 2 heterocycles. The molecule has 3 nitrogen and oxygen atoms in total. The molecule has 20 heavy (non-hydrogen) atoms. The molecule has 1 aromatic carbocycles. The predicted octanol–water partition coefficient (Wildman–Crippen LogP) is 4.40. The number of hydrogen-bond acceptors (Lipinski definition) is 3. The van der Waals surface area contributed by atoms with E-state index in [-0.39, 0.29) is 0 Å². The average molecular weight is 349 g/mol. The van der Waals surface area contributed by atoms with Crippen LogP contribution in [0.1, 0.15) is 19.4 Å². The number of pyridine rings is 1. The quantitative estimate of drug-likeness (QED) is 0.659. The maximum absolute atomic E-state index is 5.91. The van der Waals surface area contributed by atoms with Crippen molar-refractivity contribution in [3.63, 3.8) is 0 Å². The maximum atomic E-state index is 5.91. The van der Waals surface area contributed by atoms with Gasteiger partial charge in [-0.05, 0) is 44.2 Å². The van der Waals surface area contributed by atoms with Crippen LogP contribution in [0.4, 0.5) is 0 Å². The molecule has 0 bridgehead atoms. The van der Waals surface area contributed by atoms with E-state index in [2.05, 4.69) is 15.9 Å². The first kappa shape index (κ1) is 13.5. The van der Waals surface area contributed by atoms with Gasteiger partial charge in [-0.3, -0.25) is 4.57 Å². The number of hydrogen-bond donors (Lipinski definition) is 0. The molecule has 1 aliphatic rings. The van der Waals surface area contributed by atoms with Gasteiger partial charge in [0.1, 0.15) is 16.2 Å². The highest BCUT2D eigenvalue weighted by Gasteiger charge is 2.28. The Balaban J connectivity index is 2.28. The lowest BCUT2D eigenvalue weighted by atomic mass is 10.1. The zero-order valence-electron chi connectivity index (χ0n) is 11.1. The number of rotatable bonds is 0. The number of nitrogens with zero attached hydrogens (tertiary/aromatic N) is 2. The fourth-order valence-electron chi connectivity index (χ4n) is 2.16. The minimum absolute atomic E-state index is 0.610. The predicted molar refractivity (Wildman–Crippen MR) is 86.1 cm³/mol. The summed E-state index contributed by atoms with van der Waals surface area (Å²) in [5, 5.41) is 0. The van der Waals surface area contributed by atoms with Crippen LogP contribution in [-0.2, 0) is 0 Å². The third-order valence-corrected chi connectivity index (χ3v) is 3.79. The topological polar surface area (TPSA) is 26.5 Å². The summed E-state index contributed by atoms with van der Waals surface area (Å²) < 4.78 is 9.52. The molecule has 2 aromatic rings. The number of aliphatic imine (C=N–C) groups is 1. The normalized spacial score (nSPS) is 16.1. The highest BCUT2D eigenvalue weighted by atomic mass is 79.9. The summed E-state index contributed by atoms with van der Waals surface area (Å²) in [5.41, 5.74) is 0.321. The number of aromatic nitrogens is 1. The van der Waals surface area contributed by atoms with Crippen LogP contribution in [0.3, 0.4) is 0 Å². The Hall–Kier alpha value is -1.46. The largest absolute Gasteiger partial charge is 0.466 e. The van der Waals surface area contributed by atoms with Gasteiger partial charge in [-0.1, -0.05) is 34.2 Å². The molecule has 0 saturated heterocycles. The van der Waals surface area contributed by atoms with Crippen LogP contribution in [-0.4, -0.2) is 16.1 Å². The van der Waals surface area contributed by atoms with Gasteiger partial charge in [0.15, 0.2) is 5.72 Å². The monoisotopic (exact) mass is 348 g/mol. The maximum Gasteiger partial charge on any atom is 0.196 e. The van der Waals surface area contributed by atoms with E-state index < -0.39 is 5.72 Å². The smallest absolute Gasteiger partial charge is 0.196 e. The number of halogens is 1. The molecule has 0 spiro atoms. The zero-order chi connectivity index (χ0) is 14.3. The lowest BCUT2D eigenvalue weighted by Crippen LogP contribution is -2.34. The first-order chi connectivity index (χ1) is 9.46. The van der Waals surface area contributed by atoms with E-state index in [1.807, 2.05) is 61.0 Å². The molecule has 5 heteroatoms. The van der Waals surface area contributed by atoms with Gasteiger partial charge < -0.3 is 4.74 Å². The van der Waals surface area contributed by atoms with Crippen LogP contribution in [0.2, 0.25) is 0 Å². The summed E-state index contributed by atoms with van der Waals surface area (Å²) >= 11 is 8.89. The van der Waals surface area contributed by atoms with Crippen molar-refractivity contribution in [1.82, 2.24) is 4.57 Å². The minimum atomic E-state index is -0.610.